The van der Waals surface area contributed by atoms with Gasteiger partial charge in [-0.05, 0) is 37.3 Å². The molecule has 2 fully saturated rings. The molecule has 8 nitrogen and oxygen atoms in total. The van der Waals surface area contributed by atoms with E-state index in [-0.39, 0.29) is 36.0 Å². The fourth-order valence-electron chi connectivity index (χ4n) is 4.18. The maximum atomic E-state index is 13.3. The number of hydrogen-bond donors (Lipinski definition) is 2. The van der Waals surface area contributed by atoms with Crippen LogP contribution in [0.25, 0.3) is 0 Å². The minimum absolute atomic E-state index is 0.0199. The Kier molecular flexibility index (Phi) is 6.95. The monoisotopic (exact) mass is 443 g/mol. The molecule has 0 aromatic heterocycles. The topological polar surface area (TPSA) is 85.0 Å². The molecule has 1 aromatic carbocycles. The van der Waals surface area contributed by atoms with Gasteiger partial charge >= 0.3 is 6.03 Å². The first-order valence-electron chi connectivity index (χ1n) is 11.4. The van der Waals surface area contributed by atoms with Crippen molar-refractivity contribution < 1.29 is 14.4 Å². The lowest BCUT2D eigenvalue weighted by Crippen LogP contribution is -2.53. The zero-order valence-electron chi connectivity index (χ0n) is 20.2. The highest BCUT2D eigenvalue weighted by atomic mass is 16.2. The van der Waals surface area contributed by atoms with E-state index in [1.165, 1.54) is 10.5 Å². The van der Waals surface area contributed by atoms with E-state index in [1.807, 2.05) is 38.1 Å². The van der Waals surface area contributed by atoms with Crippen LogP contribution < -0.4 is 10.6 Å². The van der Waals surface area contributed by atoms with Crippen molar-refractivity contribution in [1.82, 2.24) is 25.3 Å². The summed E-state index contributed by atoms with van der Waals surface area (Å²) in [5, 5.41) is 5.80. The maximum absolute atomic E-state index is 13.3. The molecule has 0 saturated carbocycles. The van der Waals surface area contributed by atoms with Gasteiger partial charge in [-0.2, -0.15) is 0 Å². The minimum Gasteiger partial charge on any atom is -0.353 e. The van der Waals surface area contributed by atoms with Crippen molar-refractivity contribution in [2.75, 3.05) is 39.4 Å². The molecule has 0 aliphatic carbocycles. The number of rotatable bonds is 6. The van der Waals surface area contributed by atoms with Gasteiger partial charge in [-0.25, -0.2) is 9.69 Å². The smallest absolute Gasteiger partial charge is 0.326 e. The van der Waals surface area contributed by atoms with Crippen LogP contribution in [0.2, 0.25) is 0 Å². The quantitative estimate of drug-likeness (QED) is 0.656. The number of urea groups is 1. The molecular formula is C24H37N5O3. The Morgan fingerprint density at radius 2 is 1.62 bits per heavy atom. The molecular weight excluding hydrogens is 406 g/mol. The van der Waals surface area contributed by atoms with Crippen molar-refractivity contribution in [3.05, 3.63) is 35.4 Å². The zero-order chi connectivity index (χ0) is 23.7. The van der Waals surface area contributed by atoms with E-state index < -0.39 is 5.54 Å². The van der Waals surface area contributed by atoms with Gasteiger partial charge in [0.15, 0.2) is 0 Å². The fraction of sp³-hybridized carbons (Fsp3) is 0.625. The van der Waals surface area contributed by atoms with Crippen molar-refractivity contribution in [2.24, 2.45) is 0 Å². The van der Waals surface area contributed by atoms with Gasteiger partial charge in [0.05, 0.1) is 13.2 Å². The Morgan fingerprint density at radius 3 is 2.16 bits per heavy atom. The SMILES string of the molecule is CC(C)NC(=O)CN1CCN(CN2C(=O)N[C@@](C)(c3ccc(C(C)(C)C)cc3)C2=O)CC1. The maximum Gasteiger partial charge on any atom is 0.326 e. The summed E-state index contributed by atoms with van der Waals surface area (Å²) in [4.78, 5) is 43.4. The van der Waals surface area contributed by atoms with Crippen molar-refractivity contribution in [1.29, 1.82) is 0 Å². The molecule has 2 N–H and O–H groups in total. The Morgan fingerprint density at radius 1 is 1.06 bits per heavy atom. The van der Waals surface area contributed by atoms with Gasteiger partial charge in [0.2, 0.25) is 5.91 Å². The number of carbonyl (C=O) groups excluding carboxylic acids is 3. The van der Waals surface area contributed by atoms with Gasteiger partial charge < -0.3 is 10.6 Å². The first-order valence-corrected chi connectivity index (χ1v) is 11.4. The van der Waals surface area contributed by atoms with Gasteiger partial charge in [0.1, 0.15) is 5.54 Å². The highest BCUT2D eigenvalue weighted by Gasteiger charge is 2.49. The summed E-state index contributed by atoms with van der Waals surface area (Å²) in [5.74, 6) is -0.208. The number of benzene rings is 1. The number of nitrogens with one attached hydrogen (secondary N) is 2. The van der Waals surface area contributed by atoms with Gasteiger partial charge in [-0.15, -0.1) is 0 Å². The standard InChI is InChI=1S/C24H37N5O3/c1-17(2)25-20(30)15-27-11-13-28(14-12-27)16-29-21(31)24(6,26-22(29)32)19-9-7-18(8-10-19)23(3,4)5/h7-10,17H,11-16H2,1-6H3,(H,25,30)(H,26,32)/t24-/m0/s1. The molecule has 176 valence electrons. The molecule has 0 spiro atoms. The minimum atomic E-state index is -1.07. The van der Waals surface area contributed by atoms with Gasteiger partial charge in [-0.3, -0.25) is 19.4 Å². The van der Waals surface area contributed by atoms with Crippen LogP contribution in [-0.2, 0) is 20.5 Å². The van der Waals surface area contributed by atoms with Crippen LogP contribution in [0.4, 0.5) is 4.79 Å². The lowest BCUT2D eigenvalue weighted by atomic mass is 9.84. The number of nitrogens with zero attached hydrogens (tertiary/aromatic N) is 3. The zero-order valence-corrected chi connectivity index (χ0v) is 20.2. The Hall–Kier alpha value is -2.45. The van der Waals surface area contributed by atoms with E-state index in [1.54, 1.807) is 6.92 Å². The molecule has 2 heterocycles. The summed E-state index contributed by atoms with van der Waals surface area (Å²) in [6.07, 6.45) is 0. The molecule has 8 heteroatoms. The van der Waals surface area contributed by atoms with E-state index in [0.29, 0.717) is 19.6 Å². The third-order valence-electron chi connectivity index (χ3n) is 6.23. The van der Waals surface area contributed by atoms with E-state index in [0.717, 1.165) is 18.7 Å². The Labute approximate surface area is 191 Å². The Bertz CT molecular complexity index is 853. The summed E-state index contributed by atoms with van der Waals surface area (Å²) >= 11 is 0. The molecule has 1 atom stereocenters. The molecule has 0 bridgehead atoms. The summed E-state index contributed by atoms with van der Waals surface area (Å²) in [7, 11) is 0. The van der Waals surface area contributed by atoms with Crippen LogP contribution in [0.15, 0.2) is 24.3 Å². The van der Waals surface area contributed by atoms with Crippen molar-refractivity contribution in [3.8, 4) is 0 Å². The Balaban J connectivity index is 1.59. The molecule has 2 saturated heterocycles. The predicted molar refractivity (Wildman–Crippen MR) is 124 cm³/mol. The van der Waals surface area contributed by atoms with Gasteiger partial charge in [0.25, 0.3) is 5.91 Å². The number of imide groups is 1. The largest absolute Gasteiger partial charge is 0.353 e. The second kappa shape index (κ2) is 9.19. The van der Waals surface area contributed by atoms with Crippen molar-refractivity contribution in [3.63, 3.8) is 0 Å². The summed E-state index contributed by atoms with van der Waals surface area (Å²) < 4.78 is 0. The molecule has 2 aliphatic rings. The van der Waals surface area contributed by atoms with Gasteiger partial charge in [-0.1, -0.05) is 45.0 Å². The van der Waals surface area contributed by atoms with Crippen LogP contribution in [0.5, 0.6) is 0 Å². The number of hydrogen-bond acceptors (Lipinski definition) is 5. The second-order valence-electron chi connectivity index (χ2n) is 10.4. The average Bonchev–Trinajstić information content (AvgIpc) is 2.92. The van der Waals surface area contributed by atoms with E-state index in [4.69, 9.17) is 0 Å². The third kappa shape index (κ3) is 5.30. The van der Waals surface area contributed by atoms with Gasteiger partial charge in [0, 0.05) is 32.2 Å². The molecule has 32 heavy (non-hydrogen) atoms. The summed E-state index contributed by atoms with van der Waals surface area (Å²) in [5.41, 5.74) is 0.918. The molecule has 4 amide bonds. The highest BCUT2D eigenvalue weighted by Crippen LogP contribution is 2.31. The number of piperazine rings is 1. The second-order valence-corrected chi connectivity index (χ2v) is 10.4. The number of carbonyl (C=O) groups is 3. The van der Waals surface area contributed by atoms with Crippen molar-refractivity contribution in [2.45, 2.75) is 58.5 Å². The predicted octanol–water partition coefficient (Wildman–Crippen LogP) is 1.85. The lowest BCUT2D eigenvalue weighted by molar-refractivity contribution is -0.132. The first-order chi connectivity index (χ1) is 14.9. The lowest BCUT2D eigenvalue weighted by Gasteiger charge is -2.35. The summed E-state index contributed by atoms with van der Waals surface area (Å²) in [6.45, 7) is 15.6. The first kappa shape index (κ1) is 24.2. The van der Waals surface area contributed by atoms with Crippen LogP contribution >= 0.6 is 0 Å². The van der Waals surface area contributed by atoms with E-state index >= 15 is 0 Å². The van der Waals surface area contributed by atoms with E-state index in [9.17, 15) is 14.4 Å². The molecule has 3 rings (SSSR count). The summed E-state index contributed by atoms with van der Waals surface area (Å²) in [6, 6.07) is 7.68. The van der Waals surface area contributed by atoms with E-state index in [2.05, 4.69) is 41.2 Å². The molecule has 2 aliphatic heterocycles. The van der Waals surface area contributed by atoms with Crippen molar-refractivity contribution >= 4 is 17.8 Å². The van der Waals surface area contributed by atoms with Crippen LogP contribution in [0.1, 0.15) is 52.7 Å². The normalized spacial score (nSPS) is 23.0. The average molecular weight is 444 g/mol. The van der Waals surface area contributed by atoms with Crippen LogP contribution in [0, 0.1) is 0 Å². The molecule has 0 radical (unpaired) electrons. The third-order valence-corrected chi connectivity index (χ3v) is 6.23. The fourth-order valence-corrected chi connectivity index (χ4v) is 4.18. The van der Waals surface area contributed by atoms with Crippen LogP contribution in [0.3, 0.4) is 0 Å². The van der Waals surface area contributed by atoms with Crippen LogP contribution in [-0.4, -0.2) is 78.0 Å². The molecule has 0 unspecified atom stereocenters. The highest BCUT2D eigenvalue weighted by molar-refractivity contribution is 6.07. The molecule has 1 aromatic rings. The number of amides is 4.